The van der Waals surface area contributed by atoms with E-state index in [2.05, 4.69) is 15.3 Å². The molecular formula is C12H22N4O2S. The van der Waals surface area contributed by atoms with Crippen LogP contribution in [0.5, 0.6) is 0 Å². The van der Waals surface area contributed by atoms with Gasteiger partial charge in [-0.15, -0.1) is 0 Å². The van der Waals surface area contributed by atoms with Crippen LogP contribution in [0.25, 0.3) is 0 Å². The summed E-state index contributed by atoms with van der Waals surface area (Å²) in [7, 11) is -1.17. The Kier molecular flexibility index (Phi) is 5.68. The summed E-state index contributed by atoms with van der Waals surface area (Å²) in [4.78, 5) is 10.4. The molecule has 1 aromatic heterocycles. The lowest BCUT2D eigenvalue weighted by atomic mass is 10.2. The van der Waals surface area contributed by atoms with Crippen LogP contribution in [-0.2, 0) is 16.4 Å². The van der Waals surface area contributed by atoms with Gasteiger partial charge < -0.3 is 10.2 Å². The Labute approximate surface area is 115 Å². The molecule has 0 atom stereocenters. The number of aryl methyl sites for hydroxylation is 1. The standard InChI is InChI=1S/C12H22N4O2S/c1-5-13-8-11-9-14-12(15-10(11)2)16(3)6-7-19(4,17)18/h9,13H,5-8H2,1-4H3. The maximum absolute atomic E-state index is 11.1. The molecule has 1 N–H and O–H groups in total. The second-order valence-corrected chi connectivity index (χ2v) is 6.87. The monoisotopic (exact) mass is 286 g/mol. The number of hydrogen-bond acceptors (Lipinski definition) is 6. The van der Waals surface area contributed by atoms with Gasteiger partial charge in [-0.05, 0) is 13.5 Å². The maximum atomic E-state index is 11.1. The molecule has 0 aliphatic heterocycles. The smallest absolute Gasteiger partial charge is 0.225 e. The van der Waals surface area contributed by atoms with Crippen LogP contribution in [-0.4, -0.2) is 50.5 Å². The number of aromatic nitrogens is 2. The predicted octanol–water partition coefficient (Wildman–Crippen LogP) is 0.375. The molecular weight excluding hydrogens is 264 g/mol. The molecule has 0 fully saturated rings. The first-order chi connectivity index (χ1) is 8.83. The lowest BCUT2D eigenvalue weighted by Crippen LogP contribution is -2.27. The van der Waals surface area contributed by atoms with Crippen molar-refractivity contribution in [3.05, 3.63) is 17.5 Å². The third-order valence-corrected chi connectivity index (χ3v) is 3.70. The van der Waals surface area contributed by atoms with E-state index in [1.54, 1.807) is 18.1 Å². The van der Waals surface area contributed by atoms with Gasteiger partial charge in [0.1, 0.15) is 9.84 Å². The van der Waals surface area contributed by atoms with Crippen molar-refractivity contribution in [3.8, 4) is 0 Å². The highest BCUT2D eigenvalue weighted by Gasteiger charge is 2.10. The third kappa shape index (κ3) is 5.52. The number of rotatable bonds is 7. The van der Waals surface area contributed by atoms with Crippen molar-refractivity contribution in [2.75, 3.05) is 37.0 Å². The Morgan fingerprint density at radius 1 is 1.42 bits per heavy atom. The molecule has 0 aliphatic carbocycles. The van der Waals surface area contributed by atoms with Crippen molar-refractivity contribution in [1.82, 2.24) is 15.3 Å². The fraction of sp³-hybridized carbons (Fsp3) is 0.667. The Bertz CT molecular complexity index is 516. The molecule has 0 unspecified atom stereocenters. The van der Waals surface area contributed by atoms with E-state index in [1.165, 1.54) is 6.26 Å². The minimum atomic E-state index is -2.96. The first-order valence-corrected chi connectivity index (χ1v) is 8.31. The number of anilines is 1. The van der Waals surface area contributed by atoms with Crippen molar-refractivity contribution in [1.29, 1.82) is 0 Å². The van der Waals surface area contributed by atoms with Gasteiger partial charge in [-0.25, -0.2) is 18.4 Å². The third-order valence-electron chi connectivity index (χ3n) is 2.77. The van der Waals surface area contributed by atoms with Crippen molar-refractivity contribution >= 4 is 15.8 Å². The van der Waals surface area contributed by atoms with Gasteiger partial charge in [0.25, 0.3) is 0 Å². The number of nitrogens with zero attached hydrogens (tertiary/aromatic N) is 3. The van der Waals surface area contributed by atoms with Crippen LogP contribution in [0, 0.1) is 6.92 Å². The summed E-state index contributed by atoms with van der Waals surface area (Å²) in [6.07, 6.45) is 3.02. The average Bonchev–Trinajstić information content (AvgIpc) is 2.33. The molecule has 0 radical (unpaired) electrons. The van der Waals surface area contributed by atoms with Crippen LogP contribution >= 0.6 is 0 Å². The summed E-state index contributed by atoms with van der Waals surface area (Å²) in [6.45, 7) is 6.02. The van der Waals surface area contributed by atoms with Crippen LogP contribution in [0.3, 0.4) is 0 Å². The summed E-state index contributed by atoms with van der Waals surface area (Å²) in [5, 5.41) is 3.23. The molecule has 19 heavy (non-hydrogen) atoms. The second kappa shape index (κ2) is 6.81. The molecule has 7 heteroatoms. The van der Waals surface area contributed by atoms with Gasteiger partial charge in [-0.1, -0.05) is 6.92 Å². The van der Waals surface area contributed by atoms with Gasteiger partial charge in [0.05, 0.1) is 5.75 Å². The van der Waals surface area contributed by atoms with Gasteiger partial charge >= 0.3 is 0 Å². The fourth-order valence-corrected chi connectivity index (χ4v) is 2.11. The van der Waals surface area contributed by atoms with Crippen LogP contribution in [0.2, 0.25) is 0 Å². The Balaban J connectivity index is 2.71. The first kappa shape index (κ1) is 15.8. The molecule has 0 aliphatic rings. The number of sulfone groups is 1. The lowest BCUT2D eigenvalue weighted by Gasteiger charge is -2.17. The minimum absolute atomic E-state index is 0.102. The summed E-state index contributed by atoms with van der Waals surface area (Å²) < 4.78 is 22.3. The maximum Gasteiger partial charge on any atom is 0.225 e. The van der Waals surface area contributed by atoms with Gasteiger partial charge in [0, 0.05) is 43.8 Å². The largest absolute Gasteiger partial charge is 0.343 e. The van der Waals surface area contributed by atoms with E-state index in [0.717, 1.165) is 24.3 Å². The molecule has 0 saturated heterocycles. The number of hydrogen-bond donors (Lipinski definition) is 1. The SMILES string of the molecule is CCNCc1cnc(N(C)CCS(C)(=O)=O)nc1C. The number of nitrogens with one attached hydrogen (secondary N) is 1. The van der Waals surface area contributed by atoms with Gasteiger partial charge in [-0.3, -0.25) is 0 Å². The second-order valence-electron chi connectivity index (χ2n) is 4.61. The summed E-state index contributed by atoms with van der Waals surface area (Å²) >= 11 is 0. The average molecular weight is 286 g/mol. The molecule has 1 rings (SSSR count). The Hall–Kier alpha value is -1.21. The highest BCUT2D eigenvalue weighted by molar-refractivity contribution is 7.90. The van der Waals surface area contributed by atoms with Crippen molar-refractivity contribution < 1.29 is 8.42 Å². The van der Waals surface area contributed by atoms with E-state index in [9.17, 15) is 8.42 Å². The molecule has 1 aromatic rings. The van der Waals surface area contributed by atoms with Crippen LogP contribution in [0.15, 0.2) is 6.20 Å². The summed E-state index contributed by atoms with van der Waals surface area (Å²) in [5.74, 6) is 0.659. The molecule has 1 heterocycles. The normalized spacial score (nSPS) is 11.6. The molecule has 0 spiro atoms. The van der Waals surface area contributed by atoms with Gasteiger partial charge in [-0.2, -0.15) is 0 Å². The van der Waals surface area contributed by atoms with E-state index in [-0.39, 0.29) is 5.75 Å². The molecule has 108 valence electrons. The summed E-state index contributed by atoms with van der Waals surface area (Å²) in [5.41, 5.74) is 1.97. The molecule has 0 saturated carbocycles. The van der Waals surface area contributed by atoms with Gasteiger partial charge in [0.2, 0.25) is 5.95 Å². The first-order valence-electron chi connectivity index (χ1n) is 6.25. The van der Waals surface area contributed by atoms with Gasteiger partial charge in [0.15, 0.2) is 0 Å². The van der Waals surface area contributed by atoms with Crippen LogP contribution in [0.1, 0.15) is 18.2 Å². The topological polar surface area (TPSA) is 75.2 Å². The Morgan fingerprint density at radius 3 is 2.63 bits per heavy atom. The van der Waals surface area contributed by atoms with Crippen molar-refractivity contribution in [2.24, 2.45) is 0 Å². The fourth-order valence-electron chi connectivity index (χ4n) is 1.50. The predicted molar refractivity (Wildman–Crippen MR) is 77.1 cm³/mol. The molecule has 6 nitrogen and oxygen atoms in total. The van der Waals surface area contributed by atoms with Crippen molar-refractivity contribution in [2.45, 2.75) is 20.4 Å². The minimum Gasteiger partial charge on any atom is -0.343 e. The molecule has 0 amide bonds. The zero-order valence-corrected chi connectivity index (χ0v) is 12.8. The molecule has 0 bridgehead atoms. The molecule has 0 aromatic carbocycles. The van der Waals surface area contributed by atoms with Crippen LogP contribution in [0.4, 0.5) is 5.95 Å². The van der Waals surface area contributed by atoms with Crippen LogP contribution < -0.4 is 10.2 Å². The van der Waals surface area contributed by atoms with E-state index >= 15 is 0 Å². The van der Waals surface area contributed by atoms with E-state index in [1.807, 2.05) is 13.8 Å². The van der Waals surface area contributed by atoms with E-state index in [0.29, 0.717) is 12.5 Å². The zero-order valence-electron chi connectivity index (χ0n) is 12.0. The quantitative estimate of drug-likeness (QED) is 0.781. The lowest BCUT2D eigenvalue weighted by molar-refractivity contribution is 0.600. The zero-order chi connectivity index (χ0) is 14.5. The summed E-state index contributed by atoms with van der Waals surface area (Å²) in [6, 6.07) is 0. The highest BCUT2D eigenvalue weighted by atomic mass is 32.2. The Morgan fingerprint density at radius 2 is 2.11 bits per heavy atom. The van der Waals surface area contributed by atoms with Crippen molar-refractivity contribution in [3.63, 3.8) is 0 Å². The van der Waals surface area contributed by atoms with E-state index in [4.69, 9.17) is 0 Å². The highest BCUT2D eigenvalue weighted by Crippen LogP contribution is 2.10. The van der Waals surface area contributed by atoms with E-state index < -0.39 is 9.84 Å².